The summed E-state index contributed by atoms with van der Waals surface area (Å²) in [4.78, 5) is 71.7. The number of hydrogen-bond acceptors (Lipinski definition) is 11. The Morgan fingerprint density at radius 2 is 1.21 bits per heavy atom. The van der Waals surface area contributed by atoms with Gasteiger partial charge in [-0.15, -0.1) is 5.92 Å². The van der Waals surface area contributed by atoms with Crippen molar-refractivity contribution in [3.05, 3.63) is 71.8 Å². The molecule has 16 heteroatoms. The first-order valence-electron chi connectivity index (χ1n) is 11.7. The molecule has 0 aliphatic rings. The summed E-state index contributed by atoms with van der Waals surface area (Å²) in [6.07, 6.45) is -2.53. The fraction of sp³-hybridized carbons (Fsp3) is 0.333. The second kappa shape index (κ2) is 26.0. The van der Waals surface area contributed by atoms with Gasteiger partial charge in [-0.25, -0.2) is 6.29 Å². The van der Waals surface area contributed by atoms with Crippen molar-refractivity contribution in [3.63, 3.8) is 0 Å². The summed E-state index contributed by atoms with van der Waals surface area (Å²) in [6, 6.07) is 14.8. The number of carbonyl (C=O) groups excluding carboxylic acids is 6. The quantitative estimate of drug-likeness (QED) is 0.101. The standard InChI is InChI=1S/C27H28N2O9.3Na.2H2O/c30-15-19(11-17-7-3-1-4-8-17)13-22(32)21(29-26(36)24(34)25(35)27(37)38)14-23(33)28-20(16-31)12-18-9-5-2-6-10-18;;;;;/h1-10,19-21,24-25,34-35H,11-14H2,(H,28,33)(H,29,36)(H,37,38);;;;2*1H2/q-2;3*+1;;/p-3. The van der Waals surface area contributed by atoms with Gasteiger partial charge < -0.3 is 51.3 Å². The molecule has 0 spiro atoms. The van der Waals surface area contributed by atoms with Gasteiger partial charge in [0, 0.05) is 0 Å². The van der Waals surface area contributed by atoms with Crippen molar-refractivity contribution in [2.75, 3.05) is 0 Å². The second-order valence-electron chi connectivity index (χ2n) is 8.58. The van der Waals surface area contributed by atoms with E-state index in [-0.39, 0.29) is 112 Å². The second-order valence-corrected chi connectivity index (χ2v) is 8.58. The van der Waals surface area contributed by atoms with Crippen molar-refractivity contribution in [1.82, 2.24) is 10.6 Å². The van der Waals surface area contributed by atoms with Crippen LogP contribution in [0.15, 0.2) is 60.7 Å². The van der Waals surface area contributed by atoms with Gasteiger partial charge in [0.2, 0.25) is 5.91 Å². The van der Waals surface area contributed by atoms with E-state index in [1.54, 1.807) is 73.2 Å². The molecule has 0 saturated heterocycles. The summed E-state index contributed by atoms with van der Waals surface area (Å²) < 4.78 is 0. The minimum absolute atomic E-state index is 0. The number of aliphatic hydroxyl groups excluding tert-OH is 2. The van der Waals surface area contributed by atoms with Gasteiger partial charge in [0.05, 0.1) is 18.4 Å². The van der Waals surface area contributed by atoms with E-state index >= 15 is 0 Å². The van der Waals surface area contributed by atoms with Crippen molar-refractivity contribution in [2.24, 2.45) is 5.92 Å². The molecular weight excluding hydrogens is 597 g/mol. The zero-order chi connectivity index (χ0) is 28.1. The zero-order valence-corrected chi connectivity index (χ0v) is 30.1. The summed E-state index contributed by atoms with van der Waals surface area (Å²) in [5.74, 6) is -6.14. The van der Waals surface area contributed by atoms with Crippen molar-refractivity contribution in [2.45, 2.75) is 50.0 Å². The third-order valence-electron chi connectivity index (χ3n) is 5.60. The van der Waals surface area contributed by atoms with Gasteiger partial charge in [0.1, 0.15) is 6.10 Å². The minimum Gasteiger partial charge on any atom is -0.870 e. The Kier molecular flexibility index (Phi) is 29.4. The molecule has 2 aromatic rings. The topological polar surface area (TPSA) is 250 Å². The first-order chi connectivity index (χ1) is 18.1. The number of benzene rings is 2. The Labute approximate surface area is 315 Å². The minimum atomic E-state index is -2.59. The van der Waals surface area contributed by atoms with E-state index in [0.29, 0.717) is 0 Å². The van der Waals surface area contributed by atoms with Crippen LogP contribution >= 0.6 is 0 Å². The number of Topliss-reactive ketones (excluding diaryl/α,β-unsaturated/α-hetero) is 1. The number of carbonyl (C=O) groups is 4. The van der Waals surface area contributed by atoms with Crippen molar-refractivity contribution < 1.29 is 144 Å². The molecule has 2 rings (SSSR count). The maximum absolute atomic E-state index is 13.0. The number of carboxylic acid groups (broad SMARTS) is 1. The van der Waals surface area contributed by atoms with Crippen LogP contribution in [0.3, 0.4) is 0 Å². The average Bonchev–Trinajstić information content (AvgIpc) is 2.91. The van der Waals surface area contributed by atoms with Crippen molar-refractivity contribution in [3.8, 4) is 0 Å². The van der Waals surface area contributed by atoms with E-state index in [1.165, 1.54) is 0 Å². The average molecular weight is 627 g/mol. The molecule has 5 atom stereocenters. The zero-order valence-electron chi connectivity index (χ0n) is 24.1. The largest absolute Gasteiger partial charge is 1.00 e. The summed E-state index contributed by atoms with van der Waals surface area (Å²) in [6.45, 7) is 0. The van der Waals surface area contributed by atoms with Crippen LogP contribution in [0.5, 0.6) is 0 Å². The number of ketones is 1. The van der Waals surface area contributed by atoms with E-state index < -0.39 is 66.6 Å². The molecule has 0 heterocycles. The maximum atomic E-state index is 13.0. The van der Waals surface area contributed by atoms with Crippen LogP contribution in [0.1, 0.15) is 24.0 Å². The van der Waals surface area contributed by atoms with Crippen LogP contribution in [0.4, 0.5) is 0 Å². The van der Waals surface area contributed by atoms with Crippen LogP contribution in [0.2, 0.25) is 0 Å². The summed E-state index contributed by atoms with van der Waals surface area (Å²) in [5.41, 5.74) is 1.47. The molecule has 0 aliphatic carbocycles. The van der Waals surface area contributed by atoms with E-state index in [2.05, 4.69) is 5.32 Å². The van der Waals surface area contributed by atoms with Gasteiger partial charge in [-0.2, -0.15) is 0 Å². The number of aliphatic hydroxyl groups is 2. The molecule has 43 heavy (non-hydrogen) atoms. The molecule has 0 fully saturated rings. The van der Waals surface area contributed by atoms with Gasteiger partial charge in [0.25, 0.3) is 5.91 Å². The number of hydrogen-bond donors (Lipinski definition) is 4. The van der Waals surface area contributed by atoms with Crippen LogP contribution in [0.25, 0.3) is 0 Å². The van der Waals surface area contributed by atoms with Crippen LogP contribution in [-0.4, -0.2) is 81.6 Å². The van der Waals surface area contributed by atoms with Gasteiger partial charge >= 0.3 is 88.7 Å². The van der Waals surface area contributed by atoms with Gasteiger partial charge in [0.15, 0.2) is 11.9 Å². The summed E-state index contributed by atoms with van der Waals surface area (Å²) in [7, 11) is 0. The molecule has 0 bridgehead atoms. The molecule has 6 N–H and O–H groups in total. The Morgan fingerprint density at radius 3 is 1.65 bits per heavy atom. The predicted molar refractivity (Wildman–Crippen MR) is 134 cm³/mol. The Morgan fingerprint density at radius 1 is 0.721 bits per heavy atom. The molecule has 13 nitrogen and oxygen atoms in total. The third kappa shape index (κ3) is 17.7. The van der Waals surface area contributed by atoms with Gasteiger partial charge in [-0.05, 0) is 24.8 Å². The molecule has 0 aliphatic heterocycles. The van der Waals surface area contributed by atoms with Crippen LogP contribution in [0, 0.1) is 5.92 Å². The Bertz CT molecular complexity index is 1130. The van der Waals surface area contributed by atoms with Crippen LogP contribution in [-0.2, 0) is 41.6 Å². The van der Waals surface area contributed by atoms with Crippen molar-refractivity contribution >= 4 is 36.1 Å². The normalized spacial score (nSPS) is 13.0. The van der Waals surface area contributed by atoms with E-state index in [9.17, 15) is 44.1 Å². The number of aliphatic carboxylic acids is 1. The first kappa shape index (κ1) is 48.6. The third-order valence-corrected chi connectivity index (χ3v) is 5.60. The fourth-order valence-electron chi connectivity index (χ4n) is 3.62. The predicted octanol–water partition coefficient (Wildman–Crippen LogP) is -11.2. The first-order valence-corrected chi connectivity index (χ1v) is 11.7. The number of nitrogens with one attached hydrogen (secondary N) is 2. The fourth-order valence-corrected chi connectivity index (χ4v) is 3.62. The van der Waals surface area contributed by atoms with Gasteiger partial charge in [-0.3, -0.25) is 20.7 Å². The monoisotopic (exact) mass is 626 g/mol. The molecule has 5 unspecified atom stereocenters. The maximum Gasteiger partial charge on any atom is 1.00 e. The molecule has 2 amide bonds. The van der Waals surface area contributed by atoms with E-state index in [0.717, 1.165) is 11.1 Å². The molecule has 0 radical (unpaired) electrons. The molecule has 0 saturated carbocycles. The number of amides is 2. The molecule has 0 aromatic heterocycles. The Balaban J connectivity index is -0.00000152. The number of carboxylic acids is 1. The molecule has 2 aromatic carbocycles. The smallest absolute Gasteiger partial charge is 0.870 e. The van der Waals surface area contributed by atoms with Crippen LogP contribution < -0.4 is 104 Å². The SMILES string of the molecule is O=[C-]C(CC(=O)C(CC(=O)NC([C-]=O)Cc1ccccc1)NC(=O)C(O)C(O)C(=O)[O-])Cc1ccccc1.[Na+].[Na+].[Na+].[OH-].[OH-]. The summed E-state index contributed by atoms with van der Waals surface area (Å²) >= 11 is 0. The van der Waals surface area contributed by atoms with E-state index in [1.807, 2.05) is 5.32 Å². The van der Waals surface area contributed by atoms with E-state index in [4.69, 9.17) is 0 Å². The molecule has 218 valence electrons. The summed E-state index contributed by atoms with van der Waals surface area (Å²) in [5, 5.41) is 34.4. The van der Waals surface area contributed by atoms with Gasteiger partial charge in [-0.1, -0.05) is 72.3 Å². The number of rotatable bonds is 16. The molecular formula is C27H29N2Na3O11-2. The Hall–Kier alpha value is -1.30. The van der Waals surface area contributed by atoms with Crippen molar-refractivity contribution in [1.29, 1.82) is 0 Å².